The predicted octanol–water partition coefficient (Wildman–Crippen LogP) is 3.52. The van der Waals surface area contributed by atoms with Gasteiger partial charge in [-0.05, 0) is 38.3 Å². The fraction of sp³-hybridized carbons (Fsp3) is 0.350. The summed E-state index contributed by atoms with van der Waals surface area (Å²) in [7, 11) is 0. The van der Waals surface area contributed by atoms with Gasteiger partial charge in [0.15, 0.2) is 5.76 Å². The number of nitrogens with one attached hydrogen (secondary N) is 1. The average molecular weight is 365 g/mol. The second-order valence-corrected chi connectivity index (χ2v) is 6.85. The van der Waals surface area contributed by atoms with Crippen LogP contribution in [-0.4, -0.2) is 32.2 Å². The van der Waals surface area contributed by atoms with Crippen molar-refractivity contribution in [1.29, 1.82) is 0 Å². The van der Waals surface area contributed by atoms with E-state index < -0.39 is 0 Å². The quantitative estimate of drug-likeness (QED) is 0.767. The number of carbonyl (C=O) groups is 1. The summed E-state index contributed by atoms with van der Waals surface area (Å²) in [6, 6.07) is 9.81. The molecule has 7 heteroatoms. The maximum absolute atomic E-state index is 12.8. The fourth-order valence-corrected chi connectivity index (χ4v) is 3.65. The number of nitrogens with zero attached hydrogens (tertiary/aromatic N) is 4. The molecule has 1 aliphatic heterocycles. The van der Waals surface area contributed by atoms with Gasteiger partial charge in [0.2, 0.25) is 0 Å². The molecule has 0 radical (unpaired) electrons. The van der Waals surface area contributed by atoms with Crippen molar-refractivity contribution in [1.82, 2.24) is 24.9 Å². The first-order valence-corrected chi connectivity index (χ1v) is 9.19. The molecule has 2 aromatic heterocycles. The molecule has 2 amide bonds. The van der Waals surface area contributed by atoms with Crippen LogP contribution in [0.3, 0.4) is 0 Å². The maximum Gasteiger partial charge on any atom is 0.318 e. The second-order valence-electron chi connectivity index (χ2n) is 6.85. The Kier molecular flexibility index (Phi) is 4.66. The number of amides is 2. The first-order chi connectivity index (χ1) is 13.1. The zero-order chi connectivity index (χ0) is 18.8. The number of para-hydroxylation sites is 1. The van der Waals surface area contributed by atoms with E-state index in [1.165, 1.54) is 0 Å². The molecule has 3 heterocycles. The summed E-state index contributed by atoms with van der Waals surface area (Å²) in [5.74, 6) is 1.67. The largest absolute Gasteiger partial charge is 0.359 e. The fourth-order valence-electron chi connectivity index (χ4n) is 3.65. The molecule has 0 saturated carbocycles. The molecule has 0 spiro atoms. The van der Waals surface area contributed by atoms with Crippen molar-refractivity contribution in [2.75, 3.05) is 6.54 Å². The van der Waals surface area contributed by atoms with Crippen LogP contribution in [0.2, 0.25) is 0 Å². The first kappa shape index (κ1) is 17.3. The SMILES string of the molecule is Cc1cc(C2CCCN2C(=O)NCc2ccccc2-n2ccnc2C)on1. The lowest BCUT2D eigenvalue weighted by Crippen LogP contribution is -2.39. The zero-order valence-electron chi connectivity index (χ0n) is 15.6. The van der Waals surface area contributed by atoms with Crippen LogP contribution in [0.25, 0.3) is 5.69 Å². The Morgan fingerprint density at radius 3 is 2.93 bits per heavy atom. The van der Waals surface area contributed by atoms with E-state index in [0.29, 0.717) is 6.54 Å². The van der Waals surface area contributed by atoms with Crippen LogP contribution in [-0.2, 0) is 6.54 Å². The Morgan fingerprint density at radius 1 is 1.33 bits per heavy atom. The summed E-state index contributed by atoms with van der Waals surface area (Å²) >= 11 is 0. The van der Waals surface area contributed by atoms with Crippen molar-refractivity contribution < 1.29 is 9.32 Å². The lowest BCUT2D eigenvalue weighted by Gasteiger charge is -2.23. The van der Waals surface area contributed by atoms with E-state index in [0.717, 1.165) is 47.9 Å². The molecule has 7 nitrogen and oxygen atoms in total. The first-order valence-electron chi connectivity index (χ1n) is 9.19. The Labute approximate surface area is 158 Å². The van der Waals surface area contributed by atoms with E-state index in [1.807, 2.05) is 59.8 Å². The maximum atomic E-state index is 12.8. The molecule has 140 valence electrons. The number of hydrogen-bond acceptors (Lipinski definition) is 4. The van der Waals surface area contributed by atoms with E-state index in [4.69, 9.17) is 4.52 Å². The van der Waals surface area contributed by atoms with Crippen LogP contribution in [0.4, 0.5) is 4.79 Å². The van der Waals surface area contributed by atoms with Gasteiger partial charge in [-0.2, -0.15) is 0 Å². The molecule has 1 saturated heterocycles. The third kappa shape index (κ3) is 3.45. The van der Waals surface area contributed by atoms with Gasteiger partial charge in [0.05, 0.1) is 17.4 Å². The Morgan fingerprint density at radius 2 is 2.19 bits per heavy atom. The molecular formula is C20H23N5O2. The molecule has 1 unspecified atom stereocenters. The highest BCUT2D eigenvalue weighted by Gasteiger charge is 2.32. The van der Waals surface area contributed by atoms with Gasteiger partial charge >= 0.3 is 6.03 Å². The number of aromatic nitrogens is 3. The molecule has 1 aromatic carbocycles. The number of benzene rings is 1. The van der Waals surface area contributed by atoms with Crippen molar-refractivity contribution in [3.8, 4) is 5.69 Å². The summed E-state index contributed by atoms with van der Waals surface area (Å²) in [4.78, 5) is 18.9. The number of imidazole rings is 1. The van der Waals surface area contributed by atoms with Gasteiger partial charge in [0.1, 0.15) is 5.82 Å². The van der Waals surface area contributed by atoms with Crippen LogP contribution in [0, 0.1) is 13.8 Å². The van der Waals surface area contributed by atoms with Gasteiger partial charge in [-0.3, -0.25) is 0 Å². The molecule has 0 aliphatic carbocycles. The standard InChI is InChI=1S/C20H23N5O2/c1-14-12-19(27-23-14)18-8-5-10-25(18)20(26)22-13-16-6-3-4-7-17(16)24-11-9-21-15(24)2/h3-4,6-7,9,11-12,18H,5,8,10,13H2,1-2H3,(H,22,26). The molecule has 3 aromatic rings. The molecule has 1 aliphatic rings. The minimum atomic E-state index is -0.0799. The topological polar surface area (TPSA) is 76.2 Å². The number of aryl methyl sites for hydroxylation is 2. The van der Waals surface area contributed by atoms with Crippen LogP contribution >= 0.6 is 0 Å². The highest BCUT2D eigenvalue weighted by molar-refractivity contribution is 5.75. The Bertz CT molecular complexity index is 945. The zero-order valence-corrected chi connectivity index (χ0v) is 15.6. The summed E-state index contributed by atoms with van der Waals surface area (Å²) in [5.41, 5.74) is 2.90. The van der Waals surface area contributed by atoms with Gasteiger partial charge < -0.3 is 19.3 Å². The van der Waals surface area contributed by atoms with Crippen molar-refractivity contribution in [3.05, 3.63) is 65.6 Å². The van der Waals surface area contributed by atoms with Gasteiger partial charge in [-0.25, -0.2) is 9.78 Å². The minimum absolute atomic E-state index is 0.0441. The molecule has 1 atom stereocenters. The third-order valence-electron chi connectivity index (χ3n) is 5.00. The number of urea groups is 1. The van der Waals surface area contributed by atoms with Crippen LogP contribution in [0.1, 0.15) is 41.7 Å². The minimum Gasteiger partial charge on any atom is -0.359 e. The highest BCUT2D eigenvalue weighted by atomic mass is 16.5. The van der Waals surface area contributed by atoms with E-state index in [9.17, 15) is 4.79 Å². The van der Waals surface area contributed by atoms with E-state index in [1.54, 1.807) is 6.20 Å². The normalized spacial score (nSPS) is 16.7. The average Bonchev–Trinajstić information content (AvgIpc) is 3.40. The van der Waals surface area contributed by atoms with Gasteiger partial charge in [0, 0.05) is 31.5 Å². The second kappa shape index (κ2) is 7.26. The molecule has 1 N–H and O–H groups in total. The molecule has 1 fully saturated rings. The van der Waals surface area contributed by atoms with E-state index in [-0.39, 0.29) is 12.1 Å². The highest BCUT2D eigenvalue weighted by Crippen LogP contribution is 2.32. The van der Waals surface area contributed by atoms with Gasteiger partial charge in [-0.1, -0.05) is 23.4 Å². The molecular weight excluding hydrogens is 342 g/mol. The van der Waals surface area contributed by atoms with Crippen LogP contribution in [0.5, 0.6) is 0 Å². The van der Waals surface area contributed by atoms with Gasteiger partial charge in [0.25, 0.3) is 0 Å². The monoisotopic (exact) mass is 365 g/mol. The number of likely N-dealkylation sites (tertiary alicyclic amines) is 1. The van der Waals surface area contributed by atoms with Gasteiger partial charge in [-0.15, -0.1) is 0 Å². The lowest BCUT2D eigenvalue weighted by atomic mass is 10.1. The summed E-state index contributed by atoms with van der Waals surface area (Å²) in [6.07, 6.45) is 5.56. The lowest BCUT2D eigenvalue weighted by molar-refractivity contribution is 0.182. The van der Waals surface area contributed by atoms with Crippen molar-refractivity contribution in [2.45, 2.75) is 39.3 Å². The molecule has 0 bridgehead atoms. The predicted molar refractivity (Wildman–Crippen MR) is 100 cm³/mol. The summed E-state index contributed by atoms with van der Waals surface area (Å²) < 4.78 is 7.42. The number of hydrogen-bond donors (Lipinski definition) is 1. The smallest absolute Gasteiger partial charge is 0.318 e. The number of rotatable bonds is 4. The van der Waals surface area contributed by atoms with Crippen molar-refractivity contribution in [2.24, 2.45) is 0 Å². The summed E-state index contributed by atoms with van der Waals surface area (Å²) in [6.45, 7) is 5.02. The summed E-state index contributed by atoms with van der Waals surface area (Å²) in [5, 5.41) is 7.02. The molecule has 27 heavy (non-hydrogen) atoms. The number of carbonyl (C=O) groups excluding carboxylic acids is 1. The van der Waals surface area contributed by atoms with Crippen molar-refractivity contribution >= 4 is 6.03 Å². The van der Waals surface area contributed by atoms with Crippen LogP contribution in [0.15, 0.2) is 47.2 Å². The van der Waals surface area contributed by atoms with Crippen molar-refractivity contribution in [3.63, 3.8) is 0 Å². The van der Waals surface area contributed by atoms with E-state index >= 15 is 0 Å². The van der Waals surface area contributed by atoms with E-state index in [2.05, 4.69) is 15.5 Å². The Hall–Kier alpha value is -3.09. The Balaban J connectivity index is 1.48. The molecule has 4 rings (SSSR count). The van der Waals surface area contributed by atoms with Crippen LogP contribution < -0.4 is 5.32 Å². The third-order valence-corrected chi connectivity index (χ3v) is 5.00.